The molecule has 2 aromatic rings. The number of hydrogen-bond donors (Lipinski definition) is 0. The molecular weight excluding hydrogens is 405 g/mol. The highest BCUT2D eigenvalue weighted by Gasteiger charge is 2.60. The van der Waals surface area contributed by atoms with Gasteiger partial charge < -0.3 is 14.4 Å². The van der Waals surface area contributed by atoms with Crippen LogP contribution in [0.4, 0.5) is 22.0 Å². The number of carbonyl (C=O) groups excluding carboxylic acids is 1. The van der Waals surface area contributed by atoms with Crippen LogP contribution in [0.15, 0.2) is 30.3 Å². The summed E-state index contributed by atoms with van der Waals surface area (Å²) in [5, 5.41) is -0.281. The molecule has 0 fully saturated rings. The van der Waals surface area contributed by atoms with Crippen LogP contribution in [0.5, 0.6) is 5.75 Å². The fourth-order valence-corrected chi connectivity index (χ4v) is 2.94. The molecule has 0 N–H and O–H groups in total. The molecule has 0 amide bonds. The number of benzene rings is 2. The molecule has 2 rings (SSSR count). The molecule has 0 aliphatic heterocycles. The number of rotatable bonds is 5. The highest BCUT2D eigenvalue weighted by Crippen LogP contribution is 2.50. The third-order valence-corrected chi connectivity index (χ3v) is 4.62. The van der Waals surface area contributed by atoms with Crippen molar-refractivity contribution >= 4 is 33.9 Å². The van der Waals surface area contributed by atoms with E-state index in [9.17, 15) is 26.7 Å². The second kappa shape index (κ2) is 7.86. The Balaban J connectivity index is 2.70. The molecule has 10 heteroatoms. The fraction of sp³-hybridized carbons (Fsp3) is 0.333. The number of hydrogen-bond acceptors (Lipinski definition) is 4. The van der Waals surface area contributed by atoms with E-state index >= 15 is 0 Å². The number of alkyl halides is 5. The van der Waals surface area contributed by atoms with Crippen molar-refractivity contribution in [2.75, 3.05) is 27.8 Å². The van der Waals surface area contributed by atoms with Gasteiger partial charge in [-0.1, -0.05) is 30.4 Å². The summed E-state index contributed by atoms with van der Waals surface area (Å²) in [6.07, 6.45) is -5.81. The number of thiocarbonyl (C=S) groups is 1. The van der Waals surface area contributed by atoms with Gasteiger partial charge in [-0.3, -0.25) is 4.79 Å². The molecule has 0 radical (unpaired) electrons. The molecule has 0 aromatic heterocycles. The molecule has 0 bridgehead atoms. The van der Waals surface area contributed by atoms with Crippen molar-refractivity contribution in [3.63, 3.8) is 0 Å². The van der Waals surface area contributed by atoms with Gasteiger partial charge >= 0.3 is 18.1 Å². The van der Waals surface area contributed by atoms with Crippen LogP contribution in [0.2, 0.25) is 0 Å². The molecule has 0 heterocycles. The van der Waals surface area contributed by atoms with E-state index in [1.54, 1.807) is 0 Å². The number of methoxy groups -OCH3 is 2. The van der Waals surface area contributed by atoms with E-state index in [2.05, 4.69) is 4.74 Å². The van der Waals surface area contributed by atoms with Crippen LogP contribution in [0.3, 0.4) is 0 Å². The summed E-state index contributed by atoms with van der Waals surface area (Å²) in [5.41, 5.74) is -1.07. The predicted molar refractivity (Wildman–Crippen MR) is 96.8 cm³/mol. The number of likely N-dealkylation sites (N-methyl/N-ethyl adjacent to an activating group) is 1. The first-order valence-electron chi connectivity index (χ1n) is 7.82. The Morgan fingerprint density at radius 1 is 1.07 bits per heavy atom. The van der Waals surface area contributed by atoms with Crippen LogP contribution < -0.4 is 4.74 Å². The van der Waals surface area contributed by atoms with Crippen LogP contribution in [0.25, 0.3) is 10.8 Å². The zero-order chi connectivity index (χ0) is 21.3. The lowest BCUT2D eigenvalue weighted by Gasteiger charge is -2.25. The SMILES string of the molecule is COC(=O)CN(C)C(=S)c1cccc2c(C(F)(F)C(F)(F)F)c(OC)ccc12. The molecule has 0 aliphatic rings. The molecule has 28 heavy (non-hydrogen) atoms. The van der Waals surface area contributed by atoms with E-state index in [1.807, 2.05) is 0 Å². The van der Waals surface area contributed by atoms with Crippen molar-refractivity contribution in [1.29, 1.82) is 0 Å². The maximum atomic E-state index is 14.2. The third-order valence-electron chi connectivity index (χ3n) is 4.08. The third kappa shape index (κ3) is 3.87. The molecule has 0 atom stereocenters. The summed E-state index contributed by atoms with van der Waals surface area (Å²) in [6.45, 7) is -0.215. The van der Waals surface area contributed by atoms with Crippen molar-refractivity contribution in [3.05, 3.63) is 41.5 Å². The number of nitrogens with zero attached hydrogens (tertiary/aromatic N) is 1. The monoisotopic (exact) mass is 421 g/mol. The van der Waals surface area contributed by atoms with Gasteiger partial charge in [0.15, 0.2) is 0 Å². The number of esters is 1. The van der Waals surface area contributed by atoms with E-state index in [1.165, 1.54) is 37.3 Å². The number of fused-ring (bicyclic) bond motifs is 1. The largest absolute Gasteiger partial charge is 0.496 e. The van der Waals surface area contributed by atoms with Gasteiger partial charge in [0.1, 0.15) is 17.3 Å². The Labute approximate surface area is 162 Å². The topological polar surface area (TPSA) is 38.8 Å². The average Bonchev–Trinajstić information content (AvgIpc) is 2.64. The van der Waals surface area contributed by atoms with Gasteiger partial charge in [0, 0.05) is 12.6 Å². The highest BCUT2D eigenvalue weighted by molar-refractivity contribution is 7.80. The van der Waals surface area contributed by atoms with Crippen molar-refractivity contribution in [3.8, 4) is 5.75 Å². The average molecular weight is 421 g/mol. The lowest BCUT2D eigenvalue weighted by Crippen LogP contribution is -2.34. The lowest BCUT2D eigenvalue weighted by atomic mass is 9.95. The number of ether oxygens (including phenoxy) is 2. The maximum Gasteiger partial charge on any atom is 0.458 e. The quantitative estimate of drug-likeness (QED) is 0.409. The van der Waals surface area contributed by atoms with E-state index in [0.717, 1.165) is 19.2 Å². The van der Waals surface area contributed by atoms with Crippen LogP contribution in [-0.4, -0.2) is 49.8 Å². The van der Waals surface area contributed by atoms with E-state index in [-0.39, 0.29) is 27.9 Å². The highest BCUT2D eigenvalue weighted by atomic mass is 32.1. The molecule has 0 spiro atoms. The van der Waals surface area contributed by atoms with Crippen LogP contribution in [0, 0.1) is 0 Å². The molecule has 0 aliphatic carbocycles. The smallest absolute Gasteiger partial charge is 0.458 e. The second-order valence-corrected chi connectivity index (χ2v) is 6.24. The van der Waals surface area contributed by atoms with Crippen molar-refractivity contribution < 1.29 is 36.2 Å². The predicted octanol–water partition coefficient (Wildman–Crippen LogP) is 4.28. The minimum Gasteiger partial charge on any atom is -0.496 e. The van der Waals surface area contributed by atoms with Gasteiger partial charge in [-0.25, -0.2) is 0 Å². The molecule has 0 unspecified atom stereocenters. The summed E-state index contributed by atoms with van der Waals surface area (Å²) in [7, 11) is 3.68. The Kier molecular flexibility index (Phi) is 6.12. The van der Waals surface area contributed by atoms with Crippen LogP contribution >= 0.6 is 12.2 Å². The Hall–Kier alpha value is -2.49. The minimum absolute atomic E-state index is 0.0731. The molecule has 152 valence electrons. The normalized spacial score (nSPS) is 12.0. The van der Waals surface area contributed by atoms with E-state index in [0.29, 0.717) is 0 Å². The lowest BCUT2D eigenvalue weighted by molar-refractivity contribution is -0.289. The van der Waals surface area contributed by atoms with Crippen molar-refractivity contribution in [2.45, 2.75) is 12.1 Å². The fourth-order valence-electron chi connectivity index (χ4n) is 2.70. The first-order chi connectivity index (χ1) is 13.0. The Bertz CT molecular complexity index is 914. The molecule has 2 aromatic carbocycles. The Morgan fingerprint density at radius 3 is 2.25 bits per heavy atom. The standard InChI is InChI=1S/C18H16F5NO3S/c1-24(9-14(25)27-3)16(28)12-6-4-5-11-10(12)7-8-13(26-2)15(11)17(19,20)18(21,22)23/h4-8H,9H2,1-3H3. The van der Waals surface area contributed by atoms with Gasteiger partial charge in [-0.05, 0) is 22.9 Å². The first kappa shape index (κ1) is 21.8. The van der Waals surface area contributed by atoms with Gasteiger partial charge in [-0.2, -0.15) is 22.0 Å². The van der Waals surface area contributed by atoms with Gasteiger partial charge in [0.2, 0.25) is 0 Å². The Morgan fingerprint density at radius 2 is 1.71 bits per heavy atom. The van der Waals surface area contributed by atoms with Gasteiger partial charge in [0.25, 0.3) is 0 Å². The number of carbonyl (C=O) groups is 1. The van der Waals surface area contributed by atoms with E-state index in [4.69, 9.17) is 17.0 Å². The van der Waals surface area contributed by atoms with Crippen LogP contribution in [-0.2, 0) is 15.5 Å². The zero-order valence-electron chi connectivity index (χ0n) is 15.1. The first-order valence-corrected chi connectivity index (χ1v) is 8.23. The minimum atomic E-state index is -5.81. The summed E-state index contributed by atoms with van der Waals surface area (Å²) in [4.78, 5) is 12.9. The van der Waals surface area contributed by atoms with Crippen LogP contribution in [0.1, 0.15) is 11.1 Å². The van der Waals surface area contributed by atoms with Gasteiger partial charge in [-0.15, -0.1) is 0 Å². The summed E-state index contributed by atoms with van der Waals surface area (Å²) in [6, 6.07) is 6.30. The molecular formula is C18H16F5NO3S. The van der Waals surface area contributed by atoms with Crippen molar-refractivity contribution in [2.24, 2.45) is 0 Å². The second-order valence-electron chi connectivity index (χ2n) is 5.85. The summed E-state index contributed by atoms with van der Waals surface area (Å²) < 4.78 is 76.9. The van der Waals surface area contributed by atoms with Crippen molar-refractivity contribution in [1.82, 2.24) is 4.90 Å². The number of halogens is 5. The van der Waals surface area contributed by atoms with E-state index < -0.39 is 29.4 Å². The van der Waals surface area contributed by atoms with Gasteiger partial charge in [0.05, 0.1) is 19.8 Å². The zero-order valence-corrected chi connectivity index (χ0v) is 15.9. The maximum absolute atomic E-state index is 14.2. The summed E-state index contributed by atoms with van der Waals surface area (Å²) in [5.74, 6) is -6.33. The molecule has 0 saturated heterocycles. The summed E-state index contributed by atoms with van der Waals surface area (Å²) >= 11 is 5.29. The molecule has 0 saturated carbocycles. The molecule has 4 nitrogen and oxygen atoms in total.